The van der Waals surface area contributed by atoms with Crippen LogP contribution < -0.4 is 10.6 Å². The topological polar surface area (TPSA) is 72.5 Å². The van der Waals surface area contributed by atoms with Crippen LogP contribution in [0.2, 0.25) is 0 Å². The molecule has 0 radical (unpaired) electrons. The molecule has 2 N–H and O–H groups in total. The number of hydrogen-bond donors (Lipinski definition) is 2. The molecule has 0 unspecified atom stereocenters. The fourth-order valence-electron chi connectivity index (χ4n) is 2.05. The maximum absolute atomic E-state index is 11.9. The summed E-state index contributed by atoms with van der Waals surface area (Å²) >= 11 is 0. The lowest BCUT2D eigenvalue weighted by atomic mass is 10.2. The molecule has 2 rings (SSSR count). The van der Waals surface area contributed by atoms with Crippen LogP contribution in [0.15, 0.2) is 48.8 Å². The quantitative estimate of drug-likeness (QED) is 0.694. The van der Waals surface area contributed by atoms with E-state index in [9.17, 15) is 4.79 Å². The molecule has 0 aliphatic heterocycles. The Hall–Kier alpha value is -2.44. The Kier molecular flexibility index (Phi) is 7.73. The number of carbonyl (C=O) groups excluding carboxylic acids is 1. The molecule has 128 valence electrons. The minimum absolute atomic E-state index is 0.256. The minimum Gasteiger partial charge on any atom is -0.379 e. The number of nitrogens with one attached hydrogen (secondary N) is 2. The molecule has 1 heterocycles. The second-order valence-corrected chi connectivity index (χ2v) is 5.12. The van der Waals surface area contributed by atoms with Crippen LogP contribution in [0.1, 0.15) is 18.1 Å². The highest BCUT2D eigenvalue weighted by Crippen LogP contribution is 2.11. The van der Waals surface area contributed by atoms with Crippen molar-refractivity contribution < 1.29 is 14.3 Å². The van der Waals surface area contributed by atoms with Crippen LogP contribution in [-0.2, 0) is 22.6 Å². The van der Waals surface area contributed by atoms with E-state index in [1.807, 2.05) is 43.3 Å². The number of pyridine rings is 1. The highest BCUT2D eigenvalue weighted by Gasteiger charge is 2.03. The van der Waals surface area contributed by atoms with E-state index in [0.29, 0.717) is 33.0 Å². The van der Waals surface area contributed by atoms with Gasteiger partial charge in [0.15, 0.2) is 0 Å². The number of anilines is 1. The van der Waals surface area contributed by atoms with Gasteiger partial charge in [-0.1, -0.05) is 18.2 Å². The zero-order valence-electron chi connectivity index (χ0n) is 13.8. The van der Waals surface area contributed by atoms with E-state index in [4.69, 9.17) is 9.47 Å². The van der Waals surface area contributed by atoms with Crippen molar-refractivity contribution in [1.29, 1.82) is 0 Å². The fraction of sp³-hybridized carbons (Fsp3) is 0.333. The summed E-state index contributed by atoms with van der Waals surface area (Å²) in [5, 5.41) is 5.61. The highest BCUT2D eigenvalue weighted by molar-refractivity contribution is 5.89. The lowest BCUT2D eigenvalue weighted by Gasteiger charge is -2.09. The number of amides is 2. The molecule has 24 heavy (non-hydrogen) atoms. The molecule has 2 amide bonds. The van der Waals surface area contributed by atoms with Crippen LogP contribution in [0.3, 0.4) is 0 Å². The number of benzene rings is 1. The average Bonchev–Trinajstić information content (AvgIpc) is 2.61. The molecule has 0 aliphatic rings. The second kappa shape index (κ2) is 10.4. The first-order valence-electron chi connectivity index (χ1n) is 7.96. The number of urea groups is 1. The molecule has 0 aliphatic carbocycles. The van der Waals surface area contributed by atoms with E-state index in [0.717, 1.165) is 16.8 Å². The third-order valence-corrected chi connectivity index (χ3v) is 3.21. The SMILES string of the molecule is CCOCCOCc1cccc(NC(=O)NCc2cccnc2)c1. The lowest BCUT2D eigenvalue weighted by Crippen LogP contribution is -2.28. The van der Waals surface area contributed by atoms with Gasteiger partial charge in [0, 0.05) is 31.2 Å². The molecule has 0 spiro atoms. The van der Waals surface area contributed by atoms with Crippen molar-refractivity contribution in [2.75, 3.05) is 25.1 Å². The summed E-state index contributed by atoms with van der Waals surface area (Å²) in [6.07, 6.45) is 3.42. The Morgan fingerprint density at radius 3 is 2.75 bits per heavy atom. The monoisotopic (exact) mass is 329 g/mol. The van der Waals surface area contributed by atoms with Crippen molar-refractivity contribution in [1.82, 2.24) is 10.3 Å². The Labute approximate surface area is 142 Å². The van der Waals surface area contributed by atoms with E-state index in [-0.39, 0.29) is 6.03 Å². The summed E-state index contributed by atoms with van der Waals surface area (Å²) in [5.74, 6) is 0. The molecule has 0 saturated heterocycles. The van der Waals surface area contributed by atoms with Gasteiger partial charge in [0.2, 0.25) is 0 Å². The second-order valence-electron chi connectivity index (χ2n) is 5.12. The van der Waals surface area contributed by atoms with Crippen molar-refractivity contribution in [3.63, 3.8) is 0 Å². The third kappa shape index (κ3) is 6.76. The van der Waals surface area contributed by atoms with Gasteiger partial charge in [-0.05, 0) is 36.2 Å². The average molecular weight is 329 g/mol. The summed E-state index contributed by atoms with van der Waals surface area (Å²) < 4.78 is 10.7. The van der Waals surface area contributed by atoms with Crippen molar-refractivity contribution in [2.24, 2.45) is 0 Å². The number of ether oxygens (including phenoxy) is 2. The van der Waals surface area contributed by atoms with Gasteiger partial charge in [0.1, 0.15) is 0 Å². The molecule has 0 fully saturated rings. The minimum atomic E-state index is -0.256. The predicted molar refractivity (Wildman–Crippen MR) is 92.7 cm³/mol. The van der Waals surface area contributed by atoms with Crippen molar-refractivity contribution in [2.45, 2.75) is 20.1 Å². The van der Waals surface area contributed by atoms with Gasteiger partial charge in [-0.15, -0.1) is 0 Å². The zero-order chi connectivity index (χ0) is 17.0. The smallest absolute Gasteiger partial charge is 0.319 e. The number of aromatic nitrogens is 1. The predicted octanol–water partition coefficient (Wildman–Crippen LogP) is 2.96. The van der Waals surface area contributed by atoms with Gasteiger partial charge in [-0.25, -0.2) is 4.79 Å². The highest BCUT2D eigenvalue weighted by atomic mass is 16.5. The van der Waals surface area contributed by atoms with Crippen molar-refractivity contribution in [3.05, 3.63) is 59.9 Å². The first-order chi connectivity index (χ1) is 11.8. The number of carbonyl (C=O) groups is 1. The van der Waals surface area contributed by atoms with Crippen LogP contribution in [-0.4, -0.2) is 30.8 Å². The third-order valence-electron chi connectivity index (χ3n) is 3.21. The Bertz CT molecular complexity index is 620. The molecule has 2 aromatic rings. The van der Waals surface area contributed by atoms with Crippen LogP contribution in [0.5, 0.6) is 0 Å². The van der Waals surface area contributed by atoms with E-state index in [1.54, 1.807) is 12.4 Å². The molecule has 6 heteroatoms. The molecule has 6 nitrogen and oxygen atoms in total. The largest absolute Gasteiger partial charge is 0.379 e. The van der Waals surface area contributed by atoms with Crippen LogP contribution >= 0.6 is 0 Å². The fourth-order valence-corrected chi connectivity index (χ4v) is 2.05. The van der Waals surface area contributed by atoms with Gasteiger partial charge in [-0.2, -0.15) is 0 Å². The molecule has 0 saturated carbocycles. The number of rotatable bonds is 9. The van der Waals surface area contributed by atoms with Crippen LogP contribution in [0.4, 0.5) is 10.5 Å². The summed E-state index contributed by atoms with van der Waals surface area (Å²) in [6.45, 7) is 4.70. The maximum Gasteiger partial charge on any atom is 0.319 e. The maximum atomic E-state index is 11.9. The molecular weight excluding hydrogens is 306 g/mol. The normalized spacial score (nSPS) is 10.4. The first kappa shape index (κ1) is 17.9. The zero-order valence-corrected chi connectivity index (χ0v) is 13.8. The molecule has 1 aromatic heterocycles. The van der Waals surface area contributed by atoms with Crippen molar-refractivity contribution >= 4 is 11.7 Å². The van der Waals surface area contributed by atoms with Crippen LogP contribution in [0, 0.1) is 0 Å². The standard InChI is InChI=1S/C18H23N3O3/c1-2-23-9-10-24-14-15-5-3-7-17(11-15)21-18(22)20-13-16-6-4-8-19-12-16/h3-8,11-12H,2,9-10,13-14H2,1H3,(H2,20,21,22). The molecular formula is C18H23N3O3. The molecule has 0 atom stereocenters. The van der Waals surface area contributed by atoms with Crippen LogP contribution in [0.25, 0.3) is 0 Å². The molecule has 0 bridgehead atoms. The van der Waals surface area contributed by atoms with E-state index < -0.39 is 0 Å². The Balaban J connectivity index is 1.75. The van der Waals surface area contributed by atoms with Gasteiger partial charge in [0.25, 0.3) is 0 Å². The van der Waals surface area contributed by atoms with Crippen molar-refractivity contribution in [3.8, 4) is 0 Å². The van der Waals surface area contributed by atoms with Gasteiger partial charge < -0.3 is 20.1 Å². The number of nitrogens with zero attached hydrogens (tertiary/aromatic N) is 1. The van der Waals surface area contributed by atoms with Gasteiger partial charge >= 0.3 is 6.03 Å². The van der Waals surface area contributed by atoms with E-state index in [1.165, 1.54) is 0 Å². The first-order valence-corrected chi connectivity index (χ1v) is 7.96. The van der Waals surface area contributed by atoms with E-state index in [2.05, 4.69) is 15.6 Å². The van der Waals surface area contributed by atoms with E-state index >= 15 is 0 Å². The summed E-state index contributed by atoms with van der Waals surface area (Å²) in [4.78, 5) is 15.9. The number of hydrogen-bond acceptors (Lipinski definition) is 4. The summed E-state index contributed by atoms with van der Waals surface area (Å²) in [6, 6.07) is 11.1. The lowest BCUT2D eigenvalue weighted by molar-refractivity contribution is 0.0453. The Morgan fingerprint density at radius 1 is 1.12 bits per heavy atom. The van der Waals surface area contributed by atoms with Gasteiger partial charge in [-0.3, -0.25) is 4.98 Å². The van der Waals surface area contributed by atoms with Gasteiger partial charge in [0.05, 0.1) is 19.8 Å². The molecule has 1 aromatic carbocycles. The Morgan fingerprint density at radius 2 is 1.96 bits per heavy atom. The summed E-state index contributed by atoms with van der Waals surface area (Å²) in [5.41, 5.74) is 2.67. The summed E-state index contributed by atoms with van der Waals surface area (Å²) in [7, 11) is 0.